The zero-order valence-electron chi connectivity index (χ0n) is 18.1. The van der Waals surface area contributed by atoms with Crippen molar-refractivity contribution < 1.29 is 5.11 Å². The number of rotatable bonds is 5. The number of nitrogens with zero attached hydrogens (tertiary/aromatic N) is 1. The third-order valence-corrected chi connectivity index (χ3v) is 6.19. The highest BCUT2D eigenvalue weighted by Gasteiger charge is 2.30. The van der Waals surface area contributed by atoms with Gasteiger partial charge in [0.05, 0.1) is 6.54 Å². The van der Waals surface area contributed by atoms with Crippen LogP contribution in [0.25, 0.3) is 11.1 Å². The van der Waals surface area contributed by atoms with Crippen LogP contribution < -0.4 is 0 Å². The summed E-state index contributed by atoms with van der Waals surface area (Å²) in [6, 6.07) is 28.5. The van der Waals surface area contributed by atoms with Gasteiger partial charge < -0.3 is 5.11 Å². The molecule has 0 radical (unpaired) electrons. The van der Waals surface area contributed by atoms with E-state index in [2.05, 4.69) is 41.0 Å². The fraction of sp³-hybridized carbons (Fsp3) is 0.310. The average Bonchev–Trinajstić information content (AvgIpc) is 3.12. The molecule has 1 aliphatic heterocycles. The topological polar surface area (TPSA) is 23.5 Å². The van der Waals surface area contributed by atoms with Crippen LogP contribution in [0.5, 0.6) is 0 Å². The Balaban J connectivity index is 1.55. The molecule has 0 aliphatic carbocycles. The van der Waals surface area contributed by atoms with Gasteiger partial charge in [0.15, 0.2) is 0 Å². The molecule has 2 nitrogen and oxygen atoms in total. The number of hydrogen-bond donors (Lipinski definition) is 1. The Hall–Kier alpha value is -2.86. The molecule has 0 spiro atoms. The van der Waals surface area contributed by atoms with Gasteiger partial charge in [0.2, 0.25) is 0 Å². The molecule has 1 aliphatic rings. The van der Waals surface area contributed by atoms with Gasteiger partial charge in [-0.3, -0.25) is 4.90 Å². The van der Waals surface area contributed by atoms with Crippen molar-refractivity contribution in [3.8, 4) is 23.0 Å². The number of likely N-dealkylation sites (tertiary alicyclic amines) is 1. The average molecular weight is 410 g/mol. The molecule has 1 fully saturated rings. The molecular weight excluding hydrogens is 378 g/mol. The van der Waals surface area contributed by atoms with Gasteiger partial charge in [-0.15, -0.1) is 0 Å². The van der Waals surface area contributed by atoms with Crippen molar-refractivity contribution in [2.45, 2.75) is 37.7 Å². The second kappa shape index (κ2) is 10.4. The molecule has 0 aromatic heterocycles. The third-order valence-electron chi connectivity index (χ3n) is 6.19. The van der Waals surface area contributed by atoms with Crippen LogP contribution in [-0.4, -0.2) is 29.6 Å². The first-order valence-corrected chi connectivity index (χ1v) is 11.4. The van der Waals surface area contributed by atoms with E-state index in [0.717, 1.165) is 36.3 Å². The summed E-state index contributed by atoms with van der Waals surface area (Å²) in [6.07, 6.45) is 5.58. The lowest BCUT2D eigenvalue weighted by atomic mass is 9.83. The van der Waals surface area contributed by atoms with Crippen molar-refractivity contribution in [2.75, 3.05) is 19.6 Å². The van der Waals surface area contributed by atoms with Gasteiger partial charge in [-0.1, -0.05) is 110 Å². The molecule has 3 aromatic carbocycles. The summed E-state index contributed by atoms with van der Waals surface area (Å²) in [5, 5.41) is 11.8. The van der Waals surface area contributed by atoms with E-state index in [-0.39, 0.29) is 0 Å². The maximum absolute atomic E-state index is 11.8. The summed E-state index contributed by atoms with van der Waals surface area (Å²) >= 11 is 0. The summed E-state index contributed by atoms with van der Waals surface area (Å²) in [5.41, 5.74) is 2.96. The molecule has 0 amide bonds. The highest BCUT2D eigenvalue weighted by Crippen LogP contribution is 2.34. The molecule has 1 unspecified atom stereocenters. The zero-order chi connectivity index (χ0) is 21.4. The Bertz CT molecular complexity index is 993. The summed E-state index contributed by atoms with van der Waals surface area (Å²) in [7, 11) is 0. The normalized spacial score (nSPS) is 16.5. The van der Waals surface area contributed by atoms with Crippen LogP contribution in [0.2, 0.25) is 0 Å². The second-order valence-electron chi connectivity index (χ2n) is 8.39. The number of aliphatic hydroxyl groups is 1. The smallest absolute Gasteiger partial charge is 0.125 e. The van der Waals surface area contributed by atoms with Crippen LogP contribution in [0.4, 0.5) is 0 Å². The van der Waals surface area contributed by atoms with Crippen LogP contribution in [0.1, 0.15) is 43.2 Å². The lowest BCUT2D eigenvalue weighted by Gasteiger charge is -2.28. The highest BCUT2D eigenvalue weighted by molar-refractivity contribution is 5.64. The molecule has 0 saturated carbocycles. The fourth-order valence-corrected chi connectivity index (χ4v) is 4.31. The molecule has 0 bridgehead atoms. The number of benzene rings is 3. The summed E-state index contributed by atoms with van der Waals surface area (Å²) in [5.74, 6) is 6.63. The largest absolute Gasteiger partial charge is 0.379 e. The third kappa shape index (κ3) is 5.44. The van der Waals surface area contributed by atoms with Crippen LogP contribution >= 0.6 is 0 Å². The highest BCUT2D eigenvalue weighted by atomic mass is 16.3. The maximum Gasteiger partial charge on any atom is 0.125 e. The van der Waals surface area contributed by atoms with E-state index in [1.807, 2.05) is 60.7 Å². The van der Waals surface area contributed by atoms with Crippen molar-refractivity contribution in [1.29, 1.82) is 0 Å². The minimum absolute atomic E-state index is 0.384. The van der Waals surface area contributed by atoms with Crippen molar-refractivity contribution in [1.82, 2.24) is 4.90 Å². The van der Waals surface area contributed by atoms with Crippen LogP contribution in [-0.2, 0) is 5.60 Å². The van der Waals surface area contributed by atoms with E-state index in [0.29, 0.717) is 6.42 Å². The van der Waals surface area contributed by atoms with Gasteiger partial charge in [0.1, 0.15) is 5.60 Å². The minimum Gasteiger partial charge on any atom is -0.379 e. The van der Waals surface area contributed by atoms with Crippen molar-refractivity contribution in [3.63, 3.8) is 0 Å². The molecular formula is C29H31NO. The molecule has 31 heavy (non-hydrogen) atoms. The summed E-state index contributed by atoms with van der Waals surface area (Å²) in [6.45, 7) is 3.06. The van der Waals surface area contributed by atoms with Crippen molar-refractivity contribution in [3.05, 3.63) is 96.1 Å². The first kappa shape index (κ1) is 21.4. The predicted octanol–water partition coefficient (Wildman–Crippen LogP) is 5.86. The summed E-state index contributed by atoms with van der Waals surface area (Å²) in [4.78, 5) is 2.44. The van der Waals surface area contributed by atoms with E-state index in [1.54, 1.807) is 0 Å². The quantitative estimate of drug-likeness (QED) is 0.534. The molecule has 1 N–H and O–H groups in total. The molecule has 1 heterocycles. The molecule has 158 valence electrons. The summed E-state index contributed by atoms with van der Waals surface area (Å²) < 4.78 is 0. The van der Waals surface area contributed by atoms with Gasteiger partial charge in [-0.25, -0.2) is 0 Å². The van der Waals surface area contributed by atoms with Crippen molar-refractivity contribution in [2.24, 2.45) is 0 Å². The molecule has 4 rings (SSSR count). The van der Waals surface area contributed by atoms with Crippen LogP contribution in [0.15, 0.2) is 84.9 Å². The Labute approximate surface area is 186 Å². The number of hydrogen-bond acceptors (Lipinski definition) is 2. The monoisotopic (exact) mass is 409 g/mol. The lowest BCUT2D eigenvalue weighted by Crippen LogP contribution is -2.27. The van der Waals surface area contributed by atoms with Gasteiger partial charge in [0.25, 0.3) is 0 Å². The van der Waals surface area contributed by atoms with Gasteiger partial charge >= 0.3 is 0 Å². The Kier molecular flexibility index (Phi) is 7.20. The van der Waals surface area contributed by atoms with Crippen LogP contribution in [0.3, 0.4) is 0 Å². The van der Waals surface area contributed by atoms with E-state index >= 15 is 0 Å². The van der Waals surface area contributed by atoms with Crippen LogP contribution in [0, 0.1) is 11.8 Å². The predicted molar refractivity (Wildman–Crippen MR) is 129 cm³/mol. The lowest BCUT2D eigenvalue weighted by molar-refractivity contribution is 0.0865. The molecule has 2 heteroatoms. The second-order valence-corrected chi connectivity index (χ2v) is 8.39. The SMILES string of the molecule is OC(CC#CCN1CCCCCC1)(c1ccccc1)c1ccc(-c2ccccc2)cc1. The fourth-order valence-electron chi connectivity index (χ4n) is 4.31. The Morgan fingerprint density at radius 3 is 1.84 bits per heavy atom. The van der Waals surface area contributed by atoms with Gasteiger partial charge in [0, 0.05) is 6.42 Å². The van der Waals surface area contributed by atoms with Gasteiger partial charge in [-0.05, 0) is 48.2 Å². The van der Waals surface area contributed by atoms with E-state index in [9.17, 15) is 5.11 Å². The van der Waals surface area contributed by atoms with E-state index in [4.69, 9.17) is 0 Å². The van der Waals surface area contributed by atoms with E-state index in [1.165, 1.54) is 31.2 Å². The first-order valence-electron chi connectivity index (χ1n) is 11.4. The zero-order valence-corrected chi connectivity index (χ0v) is 18.1. The maximum atomic E-state index is 11.8. The molecule has 1 atom stereocenters. The Morgan fingerprint density at radius 2 is 1.19 bits per heavy atom. The molecule has 1 saturated heterocycles. The minimum atomic E-state index is -1.12. The van der Waals surface area contributed by atoms with Crippen molar-refractivity contribution >= 4 is 0 Å². The standard InChI is InChI=1S/C29H31NO/c31-29(27-15-7-4-8-16-27,21-9-12-24-30-22-10-1-2-11-23-30)28-19-17-26(18-20-28)25-13-5-3-6-14-25/h3-8,13-20,31H,1-2,10-11,21-24H2. The first-order chi connectivity index (χ1) is 15.3. The molecule has 3 aromatic rings. The Morgan fingerprint density at radius 1 is 0.645 bits per heavy atom. The van der Waals surface area contributed by atoms with E-state index < -0.39 is 5.60 Å². The van der Waals surface area contributed by atoms with Gasteiger partial charge in [-0.2, -0.15) is 0 Å².